The monoisotopic (exact) mass is 158 g/mol. The average Bonchev–Trinajstić information content (AvgIpc) is 2.04. The van der Waals surface area contributed by atoms with Crippen LogP contribution in [-0.2, 0) is 4.79 Å². The zero-order chi connectivity index (χ0) is 8.27. The largest absolute Gasteiger partial charge is 0.395 e. The van der Waals surface area contributed by atoms with Crippen LogP contribution in [0.3, 0.4) is 0 Å². The van der Waals surface area contributed by atoms with Crippen LogP contribution in [0.2, 0.25) is 0 Å². The maximum absolute atomic E-state index is 10.8. The van der Waals surface area contributed by atoms with Crippen molar-refractivity contribution in [2.45, 2.75) is 18.9 Å². The summed E-state index contributed by atoms with van der Waals surface area (Å²) in [6.07, 6.45) is 1.76. The fourth-order valence-corrected chi connectivity index (χ4v) is 1.49. The molecule has 1 rings (SSSR count). The number of carbonyl (C=O) groups is 1. The molecule has 1 fully saturated rings. The number of nitrogens with two attached hydrogens (primary N) is 1. The van der Waals surface area contributed by atoms with Crippen molar-refractivity contribution in [2.24, 2.45) is 11.7 Å². The van der Waals surface area contributed by atoms with E-state index in [9.17, 15) is 4.79 Å². The Labute approximate surface area is 65.8 Å². The molecule has 0 aliphatic carbocycles. The van der Waals surface area contributed by atoms with E-state index in [-0.39, 0.29) is 24.5 Å². The molecular formula is C7H14N2O2. The van der Waals surface area contributed by atoms with Gasteiger partial charge in [0, 0.05) is 6.04 Å². The van der Waals surface area contributed by atoms with Gasteiger partial charge in [-0.2, -0.15) is 0 Å². The van der Waals surface area contributed by atoms with Crippen LogP contribution in [0.25, 0.3) is 0 Å². The summed E-state index contributed by atoms with van der Waals surface area (Å²) in [4.78, 5) is 10.8. The van der Waals surface area contributed by atoms with Crippen LogP contribution >= 0.6 is 0 Å². The van der Waals surface area contributed by atoms with Crippen LogP contribution in [0.5, 0.6) is 0 Å². The number of piperidine rings is 1. The van der Waals surface area contributed by atoms with Gasteiger partial charge in [-0.05, 0) is 19.4 Å². The highest BCUT2D eigenvalue weighted by molar-refractivity contribution is 5.77. The standard InChI is InChI=1S/C7H14N2O2/c8-7(11)5-2-1-3-9-6(5)4-10/h5-6,9-10H,1-4H2,(H2,8,11)/t5-,6-/m1/s1. The molecule has 64 valence electrons. The summed E-state index contributed by atoms with van der Waals surface area (Å²) < 4.78 is 0. The lowest BCUT2D eigenvalue weighted by Crippen LogP contribution is -2.48. The first-order chi connectivity index (χ1) is 5.25. The second-order valence-electron chi connectivity index (χ2n) is 2.89. The van der Waals surface area contributed by atoms with Crippen molar-refractivity contribution in [2.75, 3.05) is 13.2 Å². The highest BCUT2D eigenvalue weighted by atomic mass is 16.3. The van der Waals surface area contributed by atoms with E-state index in [0.29, 0.717) is 0 Å². The van der Waals surface area contributed by atoms with E-state index in [2.05, 4.69) is 5.32 Å². The van der Waals surface area contributed by atoms with Crippen molar-refractivity contribution in [3.63, 3.8) is 0 Å². The Morgan fingerprint density at radius 3 is 2.91 bits per heavy atom. The molecule has 11 heavy (non-hydrogen) atoms. The summed E-state index contributed by atoms with van der Waals surface area (Å²) in [5.41, 5.74) is 5.14. The lowest BCUT2D eigenvalue weighted by Gasteiger charge is -2.28. The van der Waals surface area contributed by atoms with E-state index in [1.54, 1.807) is 0 Å². The van der Waals surface area contributed by atoms with Crippen LogP contribution in [0.15, 0.2) is 0 Å². The third kappa shape index (κ3) is 1.91. The molecule has 2 atom stereocenters. The van der Waals surface area contributed by atoms with Gasteiger partial charge < -0.3 is 16.2 Å². The molecule has 1 aliphatic heterocycles. The van der Waals surface area contributed by atoms with Gasteiger partial charge in [0.2, 0.25) is 5.91 Å². The maximum Gasteiger partial charge on any atom is 0.222 e. The molecule has 4 heteroatoms. The summed E-state index contributed by atoms with van der Waals surface area (Å²) in [7, 11) is 0. The maximum atomic E-state index is 10.8. The number of primary amides is 1. The van der Waals surface area contributed by atoms with E-state index < -0.39 is 0 Å². The fraction of sp³-hybridized carbons (Fsp3) is 0.857. The lowest BCUT2D eigenvalue weighted by molar-refractivity contribution is -0.123. The Kier molecular flexibility index (Phi) is 2.84. The van der Waals surface area contributed by atoms with Crippen LogP contribution in [-0.4, -0.2) is 30.2 Å². The Bertz CT molecular complexity index is 149. The second kappa shape index (κ2) is 3.69. The highest BCUT2D eigenvalue weighted by Crippen LogP contribution is 2.15. The Balaban J connectivity index is 2.51. The molecule has 4 nitrogen and oxygen atoms in total. The highest BCUT2D eigenvalue weighted by Gasteiger charge is 2.27. The van der Waals surface area contributed by atoms with Crippen LogP contribution in [0.1, 0.15) is 12.8 Å². The number of aliphatic hydroxyl groups excluding tert-OH is 1. The van der Waals surface area contributed by atoms with Crippen molar-refractivity contribution < 1.29 is 9.90 Å². The molecule has 0 aromatic carbocycles. The van der Waals surface area contributed by atoms with Crippen LogP contribution in [0, 0.1) is 5.92 Å². The fourth-order valence-electron chi connectivity index (χ4n) is 1.49. The predicted molar refractivity (Wildman–Crippen MR) is 40.8 cm³/mol. The molecule has 0 unspecified atom stereocenters. The second-order valence-corrected chi connectivity index (χ2v) is 2.89. The first-order valence-electron chi connectivity index (χ1n) is 3.89. The van der Waals surface area contributed by atoms with Gasteiger partial charge in [0.05, 0.1) is 12.5 Å². The average molecular weight is 158 g/mol. The third-order valence-corrected chi connectivity index (χ3v) is 2.15. The van der Waals surface area contributed by atoms with Gasteiger partial charge in [-0.25, -0.2) is 0 Å². The Hall–Kier alpha value is -0.610. The molecule has 0 bridgehead atoms. The number of nitrogens with one attached hydrogen (secondary N) is 1. The van der Waals surface area contributed by atoms with Gasteiger partial charge >= 0.3 is 0 Å². The zero-order valence-electron chi connectivity index (χ0n) is 6.42. The predicted octanol–water partition coefficient (Wildman–Crippen LogP) is -1.17. The Morgan fingerprint density at radius 2 is 2.45 bits per heavy atom. The summed E-state index contributed by atoms with van der Waals surface area (Å²) in [5, 5.41) is 11.9. The van der Waals surface area contributed by atoms with Gasteiger partial charge in [0.15, 0.2) is 0 Å². The minimum atomic E-state index is -0.309. The molecule has 1 amide bonds. The zero-order valence-corrected chi connectivity index (χ0v) is 6.42. The van der Waals surface area contributed by atoms with Gasteiger partial charge in [0.25, 0.3) is 0 Å². The number of hydrogen-bond acceptors (Lipinski definition) is 3. The summed E-state index contributed by atoms with van der Waals surface area (Å²) in [5.74, 6) is -0.495. The van der Waals surface area contributed by atoms with Crippen molar-refractivity contribution in [3.05, 3.63) is 0 Å². The molecular weight excluding hydrogens is 144 g/mol. The summed E-state index contributed by atoms with van der Waals surface area (Å²) in [6.45, 7) is 0.864. The smallest absolute Gasteiger partial charge is 0.222 e. The third-order valence-electron chi connectivity index (χ3n) is 2.15. The van der Waals surface area contributed by atoms with E-state index >= 15 is 0 Å². The quantitative estimate of drug-likeness (QED) is 0.474. The van der Waals surface area contributed by atoms with Gasteiger partial charge in [-0.15, -0.1) is 0 Å². The van der Waals surface area contributed by atoms with Crippen molar-refractivity contribution in [1.82, 2.24) is 5.32 Å². The number of aliphatic hydroxyl groups is 1. The number of hydrogen-bond donors (Lipinski definition) is 3. The summed E-state index contributed by atoms with van der Waals surface area (Å²) >= 11 is 0. The molecule has 0 saturated carbocycles. The molecule has 1 saturated heterocycles. The first kappa shape index (κ1) is 8.49. The van der Waals surface area contributed by atoms with Crippen molar-refractivity contribution >= 4 is 5.91 Å². The SMILES string of the molecule is NC(=O)[C@@H]1CCCN[C@@H]1CO. The van der Waals surface area contributed by atoms with E-state index in [0.717, 1.165) is 19.4 Å². The number of carbonyl (C=O) groups excluding carboxylic acids is 1. The Morgan fingerprint density at radius 1 is 1.73 bits per heavy atom. The topological polar surface area (TPSA) is 75.4 Å². The van der Waals surface area contributed by atoms with Crippen LogP contribution < -0.4 is 11.1 Å². The molecule has 1 heterocycles. The molecule has 0 aromatic heterocycles. The van der Waals surface area contributed by atoms with Gasteiger partial charge in [-0.3, -0.25) is 4.79 Å². The van der Waals surface area contributed by atoms with E-state index in [1.807, 2.05) is 0 Å². The summed E-state index contributed by atoms with van der Waals surface area (Å²) in [6, 6.07) is -0.124. The molecule has 0 spiro atoms. The van der Waals surface area contributed by atoms with Crippen LogP contribution in [0.4, 0.5) is 0 Å². The van der Waals surface area contributed by atoms with E-state index in [4.69, 9.17) is 10.8 Å². The first-order valence-corrected chi connectivity index (χ1v) is 3.89. The van der Waals surface area contributed by atoms with Crippen molar-refractivity contribution in [1.29, 1.82) is 0 Å². The normalized spacial score (nSPS) is 31.7. The van der Waals surface area contributed by atoms with E-state index in [1.165, 1.54) is 0 Å². The van der Waals surface area contributed by atoms with Gasteiger partial charge in [0.1, 0.15) is 0 Å². The molecule has 0 aromatic rings. The molecule has 0 radical (unpaired) electrons. The minimum absolute atomic E-state index is 0.00634. The minimum Gasteiger partial charge on any atom is -0.395 e. The number of amides is 1. The van der Waals surface area contributed by atoms with Gasteiger partial charge in [-0.1, -0.05) is 0 Å². The van der Waals surface area contributed by atoms with Crippen molar-refractivity contribution in [3.8, 4) is 0 Å². The number of rotatable bonds is 2. The lowest BCUT2D eigenvalue weighted by atomic mass is 9.91. The molecule has 4 N–H and O–H groups in total. The molecule has 1 aliphatic rings.